The van der Waals surface area contributed by atoms with Crippen molar-refractivity contribution in [2.75, 3.05) is 4.90 Å². The second-order valence-electron chi connectivity index (χ2n) is 6.41. The molecule has 0 aliphatic carbocycles. The summed E-state index contributed by atoms with van der Waals surface area (Å²) in [4.78, 5) is 35.3. The van der Waals surface area contributed by atoms with Gasteiger partial charge >= 0.3 is 5.97 Å². The standard InChI is InChI=1S/C19H18N2O6/c1-11-9-18(27-15-6-4-14(5-7-15)21(25)26)16-10-13(19(23)24)3-8-17(16)20(11)12(2)22/h3-8,10-11,18H,9H2,1-2H3,(H,23,24)/t11-,18+/m0/s1. The van der Waals surface area contributed by atoms with E-state index in [-0.39, 0.29) is 23.2 Å². The van der Waals surface area contributed by atoms with Crippen LogP contribution in [0.3, 0.4) is 0 Å². The zero-order chi connectivity index (χ0) is 19.7. The van der Waals surface area contributed by atoms with Gasteiger partial charge in [0.05, 0.1) is 16.2 Å². The number of hydrogen-bond acceptors (Lipinski definition) is 5. The van der Waals surface area contributed by atoms with Gasteiger partial charge in [0, 0.05) is 37.1 Å². The molecule has 0 unspecified atom stereocenters. The molecular formula is C19H18N2O6. The number of amides is 1. The quantitative estimate of drug-likeness (QED) is 0.651. The highest BCUT2D eigenvalue weighted by molar-refractivity contribution is 5.95. The van der Waals surface area contributed by atoms with Crippen LogP contribution in [0.15, 0.2) is 42.5 Å². The van der Waals surface area contributed by atoms with Crippen LogP contribution in [0, 0.1) is 10.1 Å². The maximum atomic E-state index is 12.1. The molecule has 1 aliphatic heterocycles. The van der Waals surface area contributed by atoms with Gasteiger partial charge in [-0.25, -0.2) is 4.79 Å². The minimum absolute atomic E-state index is 0.0457. The minimum atomic E-state index is -1.07. The second-order valence-corrected chi connectivity index (χ2v) is 6.41. The number of nitro groups is 1. The smallest absolute Gasteiger partial charge is 0.335 e. The molecule has 27 heavy (non-hydrogen) atoms. The van der Waals surface area contributed by atoms with Gasteiger partial charge in [-0.3, -0.25) is 14.9 Å². The largest absolute Gasteiger partial charge is 0.486 e. The van der Waals surface area contributed by atoms with E-state index in [2.05, 4.69) is 0 Å². The van der Waals surface area contributed by atoms with Crippen LogP contribution >= 0.6 is 0 Å². The summed E-state index contributed by atoms with van der Waals surface area (Å²) in [6, 6.07) is 10.1. The number of non-ortho nitro benzene ring substituents is 1. The Morgan fingerprint density at radius 2 is 1.89 bits per heavy atom. The topological polar surface area (TPSA) is 110 Å². The van der Waals surface area contributed by atoms with E-state index < -0.39 is 17.0 Å². The third-order valence-electron chi connectivity index (χ3n) is 4.54. The molecule has 2 aromatic rings. The maximum absolute atomic E-state index is 12.1. The fourth-order valence-corrected chi connectivity index (χ4v) is 3.35. The van der Waals surface area contributed by atoms with Crippen LogP contribution in [0.4, 0.5) is 11.4 Å². The molecule has 0 saturated heterocycles. The van der Waals surface area contributed by atoms with Gasteiger partial charge in [0.15, 0.2) is 0 Å². The molecule has 1 N–H and O–H groups in total. The van der Waals surface area contributed by atoms with Gasteiger partial charge < -0.3 is 14.7 Å². The summed E-state index contributed by atoms with van der Waals surface area (Å²) in [5.41, 5.74) is 1.26. The Kier molecular flexibility index (Phi) is 4.81. The van der Waals surface area contributed by atoms with Gasteiger partial charge in [0.1, 0.15) is 11.9 Å². The summed E-state index contributed by atoms with van der Waals surface area (Å²) in [5, 5.41) is 20.1. The number of carboxylic acids is 1. The van der Waals surface area contributed by atoms with Gasteiger partial charge in [-0.2, -0.15) is 0 Å². The summed E-state index contributed by atoms with van der Waals surface area (Å²) in [5.74, 6) is -0.777. The van der Waals surface area contributed by atoms with E-state index in [4.69, 9.17) is 4.74 Å². The summed E-state index contributed by atoms with van der Waals surface area (Å²) >= 11 is 0. The Balaban J connectivity index is 1.99. The van der Waals surface area contributed by atoms with Crippen LogP contribution in [0.1, 0.15) is 42.3 Å². The van der Waals surface area contributed by atoms with Crippen molar-refractivity contribution < 1.29 is 24.4 Å². The lowest BCUT2D eigenvalue weighted by molar-refractivity contribution is -0.384. The molecule has 0 bridgehead atoms. The number of carbonyl (C=O) groups excluding carboxylic acids is 1. The first-order valence-electron chi connectivity index (χ1n) is 8.36. The number of aromatic carboxylic acids is 1. The zero-order valence-electron chi connectivity index (χ0n) is 14.8. The van der Waals surface area contributed by atoms with E-state index in [0.29, 0.717) is 23.4 Å². The molecule has 140 valence electrons. The summed E-state index contributed by atoms with van der Waals surface area (Å²) in [7, 11) is 0. The minimum Gasteiger partial charge on any atom is -0.486 e. The van der Waals surface area contributed by atoms with Crippen molar-refractivity contribution in [2.24, 2.45) is 0 Å². The molecule has 1 aliphatic rings. The monoisotopic (exact) mass is 370 g/mol. The average molecular weight is 370 g/mol. The van der Waals surface area contributed by atoms with Gasteiger partial charge in [-0.05, 0) is 37.3 Å². The molecule has 0 spiro atoms. The van der Waals surface area contributed by atoms with Crippen molar-refractivity contribution in [3.05, 3.63) is 63.7 Å². The highest BCUT2D eigenvalue weighted by Gasteiger charge is 2.34. The molecule has 0 fully saturated rings. The van der Waals surface area contributed by atoms with Crippen LogP contribution < -0.4 is 9.64 Å². The Morgan fingerprint density at radius 1 is 1.22 bits per heavy atom. The fourth-order valence-electron chi connectivity index (χ4n) is 3.35. The number of nitrogens with zero attached hydrogens (tertiary/aromatic N) is 2. The Morgan fingerprint density at radius 3 is 2.44 bits per heavy atom. The van der Waals surface area contributed by atoms with Crippen LogP contribution in [0.2, 0.25) is 0 Å². The number of nitro benzene ring substituents is 1. The lowest BCUT2D eigenvalue weighted by Gasteiger charge is -2.39. The molecule has 0 saturated carbocycles. The summed E-state index contributed by atoms with van der Waals surface area (Å²) < 4.78 is 6.00. The van der Waals surface area contributed by atoms with E-state index >= 15 is 0 Å². The Labute approximate surface area is 155 Å². The van der Waals surface area contributed by atoms with E-state index in [9.17, 15) is 24.8 Å². The molecule has 0 radical (unpaired) electrons. The molecule has 2 atom stereocenters. The fraction of sp³-hybridized carbons (Fsp3) is 0.263. The number of benzene rings is 2. The normalized spacial score (nSPS) is 18.5. The van der Waals surface area contributed by atoms with E-state index in [1.54, 1.807) is 11.0 Å². The zero-order valence-corrected chi connectivity index (χ0v) is 14.8. The number of rotatable bonds is 4. The van der Waals surface area contributed by atoms with Crippen LogP contribution in [0.5, 0.6) is 5.75 Å². The van der Waals surface area contributed by atoms with Gasteiger partial charge in [-0.1, -0.05) is 0 Å². The van der Waals surface area contributed by atoms with Crippen LogP contribution in [-0.2, 0) is 4.79 Å². The van der Waals surface area contributed by atoms with E-state index in [0.717, 1.165) is 0 Å². The molecule has 8 nitrogen and oxygen atoms in total. The average Bonchev–Trinajstić information content (AvgIpc) is 2.61. The summed E-state index contributed by atoms with van der Waals surface area (Å²) in [6.07, 6.45) is -0.0153. The highest BCUT2D eigenvalue weighted by Crippen LogP contribution is 2.40. The molecule has 2 aromatic carbocycles. The summed E-state index contributed by atoms with van der Waals surface area (Å²) in [6.45, 7) is 3.35. The SMILES string of the molecule is CC(=O)N1c2ccc(C(=O)O)cc2[C@H](Oc2ccc([N+](=O)[O-])cc2)C[C@@H]1C. The van der Waals surface area contributed by atoms with Crippen molar-refractivity contribution in [2.45, 2.75) is 32.4 Å². The Bertz CT molecular complexity index is 909. The molecule has 8 heteroatoms. The molecule has 1 amide bonds. The second kappa shape index (κ2) is 7.06. The van der Waals surface area contributed by atoms with E-state index in [1.807, 2.05) is 6.92 Å². The lowest BCUT2D eigenvalue weighted by Crippen LogP contribution is -2.43. The van der Waals surface area contributed by atoms with E-state index in [1.165, 1.54) is 43.3 Å². The van der Waals surface area contributed by atoms with Gasteiger partial charge in [0.25, 0.3) is 5.69 Å². The molecule has 0 aromatic heterocycles. The predicted molar refractivity (Wildman–Crippen MR) is 97.1 cm³/mol. The number of carbonyl (C=O) groups is 2. The van der Waals surface area contributed by atoms with Gasteiger partial charge in [-0.15, -0.1) is 0 Å². The van der Waals surface area contributed by atoms with Crippen molar-refractivity contribution in [1.29, 1.82) is 0 Å². The predicted octanol–water partition coefficient (Wildman–Crippen LogP) is 3.56. The number of anilines is 1. The van der Waals surface area contributed by atoms with Crippen molar-refractivity contribution in [3.63, 3.8) is 0 Å². The molecule has 3 rings (SSSR count). The number of carboxylic acid groups (broad SMARTS) is 1. The first-order chi connectivity index (χ1) is 12.8. The highest BCUT2D eigenvalue weighted by atomic mass is 16.6. The van der Waals surface area contributed by atoms with Crippen LogP contribution in [0.25, 0.3) is 0 Å². The molecular weight excluding hydrogens is 352 g/mol. The van der Waals surface area contributed by atoms with Crippen molar-refractivity contribution >= 4 is 23.3 Å². The molecule has 1 heterocycles. The Hall–Kier alpha value is -3.42. The number of fused-ring (bicyclic) bond motifs is 1. The first kappa shape index (κ1) is 18.4. The third kappa shape index (κ3) is 3.59. The lowest BCUT2D eigenvalue weighted by atomic mass is 9.92. The van der Waals surface area contributed by atoms with Gasteiger partial charge in [0.2, 0.25) is 5.91 Å². The van der Waals surface area contributed by atoms with Crippen molar-refractivity contribution in [1.82, 2.24) is 0 Å². The number of hydrogen-bond donors (Lipinski definition) is 1. The first-order valence-corrected chi connectivity index (χ1v) is 8.36. The van der Waals surface area contributed by atoms with Crippen LogP contribution in [-0.4, -0.2) is 27.9 Å². The van der Waals surface area contributed by atoms with Crippen molar-refractivity contribution in [3.8, 4) is 5.75 Å². The number of ether oxygens (including phenoxy) is 1. The third-order valence-corrected chi connectivity index (χ3v) is 4.54. The maximum Gasteiger partial charge on any atom is 0.335 e.